The number of amides is 1. The SMILES string of the molecule is COC(=O)CC(NC(=O)c1n[nH]c2ccc([N+](=O)[O-])cc12)c1ccc(OC)c(OC)c1. The highest BCUT2D eigenvalue weighted by atomic mass is 16.6. The molecule has 11 heteroatoms. The number of esters is 1. The molecule has 11 nitrogen and oxygen atoms in total. The second-order valence-corrected chi connectivity index (χ2v) is 6.48. The van der Waals surface area contributed by atoms with Crippen molar-refractivity contribution in [1.82, 2.24) is 15.5 Å². The van der Waals surface area contributed by atoms with E-state index in [1.807, 2.05) is 0 Å². The minimum Gasteiger partial charge on any atom is -0.493 e. The van der Waals surface area contributed by atoms with Gasteiger partial charge in [-0.3, -0.25) is 24.8 Å². The molecule has 0 saturated carbocycles. The summed E-state index contributed by atoms with van der Waals surface area (Å²) >= 11 is 0. The van der Waals surface area contributed by atoms with Crippen molar-refractivity contribution in [2.75, 3.05) is 21.3 Å². The third kappa shape index (κ3) is 4.55. The summed E-state index contributed by atoms with van der Waals surface area (Å²) in [5.74, 6) is -0.247. The van der Waals surface area contributed by atoms with Crippen LogP contribution in [0.3, 0.4) is 0 Å². The molecule has 0 radical (unpaired) electrons. The van der Waals surface area contributed by atoms with Crippen LogP contribution in [0.5, 0.6) is 11.5 Å². The van der Waals surface area contributed by atoms with E-state index in [-0.39, 0.29) is 23.2 Å². The van der Waals surface area contributed by atoms with Crippen LogP contribution >= 0.6 is 0 Å². The smallest absolute Gasteiger partial charge is 0.307 e. The van der Waals surface area contributed by atoms with Gasteiger partial charge in [0.1, 0.15) is 0 Å². The van der Waals surface area contributed by atoms with Crippen LogP contribution in [0, 0.1) is 10.1 Å². The summed E-state index contributed by atoms with van der Waals surface area (Å²) in [4.78, 5) is 35.4. The van der Waals surface area contributed by atoms with Gasteiger partial charge in [0, 0.05) is 17.5 Å². The lowest BCUT2D eigenvalue weighted by atomic mass is 10.0. The maximum atomic E-state index is 13.0. The van der Waals surface area contributed by atoms with Crippen LogP contribution in [0.4, 0.5) is 5.69 Å². The van der Waals surface area contributed by atoms with E-state index in [2.05, 4.69) is 15.5 Å². The third-order valence-corrected chi connectivity index (χ3v) is 4.69. The van der Waals surface area contributed by atoms with Gasteiger partial charge in [0.25, 0.3) is 11.6 Å². The Balaban J connectivity index is 1.96. The van der Waals surface area contributed by atoms with Crippen molar-refractivity contribution in [1.29, 1.82) is 0 Å². The molecule has 0 aliphatic rings. The maximum Gasteiger partial charge on any atom is 0.307 e. The summed E-state index contributed by atoms with van der Waals surface area (Å²) in [6.45, 7) is 0. The van der Waals surface area contributed by atoms with Crippen molar-refractivity contribution in [3.8, 4) is 11.5 Å². The molecular weight excluding hydrogens is 408 g/mol. The van der Waals surface area contributed by atoms with Crippen molar-refractivity contribution in [3.05, 3.63) is 57.8 Å². The van der Waals surface area contributed by atoms with Gasteiger partial charge in [0.05, 0.1) is 44.2 Å². The molecule has 0 aliphatic heterocycles. The molecule has 0 bridgehead atoms. The molecule has 1 amide bonds. The second kappa shape index (κ2) is 9.11. The largest absolute Gasteiger partial charge is 0.493 e. The van der Waals surface area contributed by atoms with Crippen LogP contribution in [-0.4, -0.2) is 48.3 Å². The number of nitrogens with zero attached hydrogens (tertiary/aromatic N) is 2. The highest BCUT2D eigenvalue weighted by Gasteiger charge is 2.24. The number of H-pyrrole nitrogens is 1. The van der Waals surface area contributed by atoms with E-state index in [9.17, 15) is 19.7 Å². The first kappa shape index (κ1) is 21.6. The molecule has 1 atom stereocenters. The fraction of sp³-hybridized carbons (Fsp3) is 0.250. The minimum absolute atomic E-state index is 0.0333. The highest BCUT2D eigenvalue weighted by Crippen LogP contribution is 2.31. The molecule has 3 aromatic rings. The molecule has 2 aromatic carbocycles. The topological polar surface area (TPSA) is 146 Å². The molecule has 162 valence electrons. The first-order valence-corrected chi connectivity index (χ1v) is 9.10. The molecule has 0 saturated heterocycles. The molecular formula is C20H20N4O7. The zero-order valence-electron chi connectivity index (χ0n) is 17.0. The van der Waals surface area contributed by atoms with Gasteiger partial charge in [0.15, 0.2) is 17.2 Å². The van der Waals surface area contributed by atoms with E-state index < -0.39 is 22.8 Å². The summed E-state index contributed by atoms with van der Waals surface area (Å²) in [5, 5.41) is 20.8. The Morgan fingerprint density at radius 2 is 1.87 bits per heavy atom. The van der Waals surface area contributed by atoms with Crippen molar-refractivity contribution < 1.29 is 28.7 Å². The summed E-state index contributed by atoms with van der Waals surface area (Å²) < 4.78 is 15.3. The summed E-state index contributed by atoms with van der Waals surface area (Å²) in [6, 6.07) is 8.24. The monoisotopic (exact) mass is 428 g/mol. The van der Waals surface area contributed by atoms with E-state index >= 15 is 0 Å². The Morgan fingerprint density at radius 1 is 1.13 bits per heavy atom. The normalized spacial score (nSPS) is 11.6. The van der Waals surface area contributed by atoms with Crippen LogP contribution in [0.2, 0.25) is 0 Å². The van der Waals surface area contributed by atoms with E-state index in [4.69, 9.17) is 14.2 Å². The number of methoxy groups -OCH3 is 3. The van der Waals surface area contributed by atoms with Gasteiger partial charge in [-0.15, -0.1) is 0 Å². The number of non-ortho nitro benzene ring substituents is 1. The number of nitro benzene ring substituents is 1. The standard InChI is InChI=1S/C20H20N4O7/c1-29-16-7-4-11(8-17(16)30-2)15(10-18(25)31-3)21-20(26)19-13-9-12(24(27)28)5-6-14(13)22-23-19/h4-9,15H,10H2,1-3H3,(H,21,26)(H,22,23). The number of nitrogens with one attached hydrogen (secondary N) is 2. The van der Waals surface area contributed by atoms with Crippen molar-refractivity contribution in [3.63, 3.8) is 0 Å². The van der Waals surface area contributed by atoms with Crippen LogP contribution in [0.15, 0.2) is 36.4 Å². The molecule has 31 heavy (non-hydrogen) atoms. The third-order valence-electron chi connectivity index (χ3n) is 4.69. The van der Waals surface area contributed by atoms with Crippen LogP contribution in [-0.2, 0) is 9.53 Å². The van der Waals surface area contributed by atoms with Gasteiger partial charge in [-0.1, -0.05) is 6.07 Å². The highest BCUT2D eigenvalue weighted by molar-refractivity contribution is 6.05. The van der Waals surface area contributed by atoms with Crippen LogP contribution in [0.25, 0.3) is 10.9 Å². The Bertz CT molecular complexity index is 1140. The van der Waals surface area contributed by atoms with E-state index in [0.717, 1.165) is 0 Å². The van der Waals surface area contributed by atoms with E-state index in [0.29, 0.717) is 22.6 Å². The molecule has 0 fully saturated rings. The number of fused-ring (bicyclic) bond motifs is 1. The molecule has 1 heterocycles. The van der Waals surface area contributed by atoms with Crippen molar-refractivity contribution in [2.24, 2.45) is 0 Å². The number of nitro groups is 1. The number of aromatic nitrogens is 2. The van der Waals surface area contributed by atoms with Gasteiger partial charge in [0.2, 0.25) is 0 Å². The number of hydrogen-bond donors (Lipinski definition) is 2. The van der Waals surface area contributed by atoms with Crippen LogP contribution in [0.1, 0.15) is 28.5 Å². The first-order chi connectivity index (χ1) is 14.9. The van der Waals surface area contributed by atoms with Gasteiger partial charge in [-0.05, 0) is 23.8 Å². The summed E-state index contributed by atoms with van der Waals surface area (Å²) in [6.07, 6.45) is -0.153. The quantitative estimate of drug-likeness (QED) is 0.316. The van der Waals surface area contributed by atoms with Crippen molar-refractivity contribution in [2.45, 2.75) is 12.5 Å². The predicted octanol–water partition coefficient (Wildman–Crippen LogP) is 2.52. The minimum atomic E-state index is -0.773. The van der Waals surface area contributed by atoms with E-state index in [1.165, 1.54) is 39.5 Å². The zero-order chi connectivity index (χ0) is 22.5. The van der Waals surface area contributed by atoms with Crippen molar-refractivity contribution >= 4 is 28.5 Å². The number of hydrogen-bond acceptors (Lipinski definition) is 8. The molecule has 0 aliphatic carbocycles. The predicted molar refractivity (Wildman–Crippen MR) is 109 cm³/mol. The van der Waals surface area contributed by atoms with Gasteiger partial charge in [-0.25, -0.2) is 0 Å². The number of benzene rings is 2. The van der Waals surface area contributed by atoms with Gasteiger partial charge in [-0.2, -0.15) is 5.10 Å². The fourth-order valence-corrected chi connectivity index (χ4v) is 3.09. The molecule has 3 rings (SSSR count). The lowest BCUT2D eigenvalue weighted by Gasteiger charge is -2.19. The fourth-order valence-electron chi connectivity index (χ4n) is 3.09. The number of ether oxygens (including phenoxy) is 3. The van der Waals surface area contributed by atoms with E-state index in [1.54, 1.807) is 18.2 Å². The average Bonchev–Trinajstić information content (AvgIpc) is 3.21. The Morgan fingerprint density at radius 3 is 2.52 bits per heavy atom. The second-order valence-electron chi connectivity index (χ2n) is 6.48. The lowest BCUT2D eigenvalue weighted by molar-refractivity contribution is -0.384. The number of rotatable bonds is 8. The molecule has 1 aromatic heterocycles. The number of carbonyl (C=O) groups excluding carboxylic acids is 2. The average molecular weight is 428 g/mol. The Hall–Kier alpha value is -4.15. The Labute approximate surface area is 176 Å². The number of carbonyl (C=O) groups is 2. The summed E-state index contributed by atoms with van der Waals surface area (Å²) in [5.41, 5.74) is 0.830. The van der Waals surface area contributed by atoms with Gasteiger partial charge >= 0.3 is 5.97 Å². The summed E-state index contributed by atoms with van der Waals surface area (Å²) in [7, 11) is 4.21. The first-order valence-electron chi connectivity index (χ1n) is 9.10. The molecule has 1 unspecified atom stereocenters. The van der Waals surface area contributed by atoms with Crippen LogP contribution < -0.4 is 14.8 Å². The maximum absolute atomic E-state index is 13.0. The Kier molecular flexibility index (Phi) is 6.34. The zero-order valence-corrected chi connectivity index (χ0v) is 17.0. The lowest BCUT2D eigenvalue weighted by Crippen LogP contribution is -2.31. The molecule has 0 spiro atoms. The molecule has 2 N–H and O–H groups in total. The van der Waals surface area contributed by atoms with Gasteiger partial charge < -0.3 is 19.5 Å². The number of aromatic amines is 1.